The summed E-state index contributed by atoms with van der Waals surface area (Å²) in [6, 6.07) is 4.35. The average molecular weight is 240 g/mol. The maximum absolute atomic E-state index is 9.03. The first-order valence-electron chi connectivity index (χ1n) is 5.83. The van der Waals surface area contributed by atoms with Crippen molar-refractivity contribution in [1.82, 2.24) is 19.7 Å². The third kappa shape index (κ3) is 1.80. The van der Waals surface area contributed by atoms with Crippen LogP contribution in [-0.4, -0.2) is 32.8 Å². The fourth-order valence-electron chi connectivity index (χ4n) is 2.29. The van der Waals surface area contributed by atoms with Crippen LogP contribution in [0.5, 0.6) is 0 Å². The molecule has 0 bridgehead atoms. The van der Waals surface area contributed by atoms with Crippen LogP contribution in [0.4, 0.5) is 5.82 Å². The Morgan fingerprint density at radius 1 is 1.28 bits per heavy atom. The van der Waals surface area contributed by atoms with E-state index in [1.807, 2.05) is 16.9 Å². The lowest BCUT2D eigenvalue weighted by molar-refractivity contribution is 0.494. The molecule has 1 unspecified atom stereocenters. The number of rotatable bonds is 2. The Morgan fingerprint density at radius 2 is 2.17 bits per heavy atom. The predicted octanol–water partition coefficient (Wildman–Crippen LogP) is 0.996. The second kappa shape index (κ2) is 4.45. The van der Waals surface area contributed by atoms with Crippen LogP contribution in [0.25, 0.3) is 0 Å². The van der Waals surface area contributed by atoms with E-state index in [0.29, 0.717) is 17.6 Å². The molecule has 1 atom stereocenters. The van der Waals surface area contributed by atoms with Crippen molar-refractivity contribution in [2.75, 3.05) is 18.0 Å². The first-order valence-corrected chi connectivity index (χ1v) is 5.83. The highest BCUT2D eigenvalue weighted by atomic mass is 15.3. The summed E-state index contributed by atoms with van der Waals surface area (Å²) in [5.74, 6) is 0.676. The predicted molar refractivity (Wildman–Crippen MR) is 64.8 cm³/mol. The summed E-state index contributed by atoms with van der Waals surface area (Å²) in [6.45, 7) is 1.69. The molecule has 0 saturated carbocycles. The summed E-state index contributed by atoms with van der Waals surface area (Å²) < 4.78 is 1.96. The van der Waals surface area contributed by atoms with E-state index in [2.05, 4.69) is 26.0 Å². The van der Waals surface area contributed by atoms with Crippen molar-refractivity contribution in [2.24, 2.45) is 0 Å². The van der Waals surface area contributed by atoms with Crippen molar-refractivity contribution >= 4 is 5.82 Å². The number of nitriles is 1. The molecule has 1 aliphatic heterocycles. The molecule has 18 heavy (non-hydrogen) atoms. The fourth-order valence-corrected chi connectivity index (χ4v) is 2.29. The topological polar surface area (TPSA) is 70.6 Å². The number of hydrogen-bond acceptors (Lipinski definition) is 5. The van der Waals surface area contributed by atoms with Gasteiger partial charge in [-0.05, 0) is 12.5 Å². The molecule has 3 rings (SSSR count). The molecule has 2 aromatic rings. The van der Waals surface area contributed by atoms with Gasteiger partial charge in [-0.2, -0.15) is 10.4 Å². The molecule has 0 spiro atoms. The van der Waals surface area contributed by atoms with Gasteiger partial charge in [0, 0.05) is 37.9 Å². The molecule has 0 radical (unpaired) electrons. The van der Waals surface area contributed by atoms with Crippen LogP contribution in [0, 0.1) is 11.3 Å². The summed E-state index contributed by atoms with van der Waals surface area (Å²) in [7, 11) is 0. The van der Waals surface area contributed by atoms with Gasteiger partial charge < -0.3 is 4.90 Å². The molecule has 90 valence electrons. The molecule has 6 nitrogen and oxygen atoms in total. The Hall–Kier alpha value is -2.42. The Kier molecular flexibility index (Phi) is 2.65. The smallest absolute Gasteiger partial charge is 0.183 e. The third-order valence-corrected chi connectivity index (χ3v) is 3.15. The summed E-state index contributed by atoms with van der Waals surface area (Å²) in [4.78, 5) is 10.4. The van der Waals surface area contributed by atoms with Crippen LogP contribution in [0.15, 0.2) is 30.9 Å². The lowest BCUT2D eigenvalue weighted by Gasteiger charge is -2.17. The second-order valence-electron chi connectivity index (χ2n) is 4.21. The Morgan fingerprint density at radius 3 is 2.94 bits per heavy atom. The first-order chi connectivity index (χ1) is 8.88. The molecular formula is C12H12N6. The van der Waals surface area contributed by atoms with E-state index in [1.54, 1.807) is 18.6 Å². The van der Waals surface area contributed by atoms with E-state index in [9.17, 15) is 0 Å². The minimum absolute atomic E-state index is 0.341. The van der Waals surface area contributed by atoms with E-state index in [0.717, 1.165) is 19.5 Å². The summed E-state index contributed by atoms with van der Waals surface area (Å²) in [5, 5.41) is 13.3. The van der Waals surface area contributed by atoms with Gasteiger partial charge in [-0.25, -0.2) is 9.97 Å². The number of aromatic nitrogens is 4. The Labute approximate surface area is 105 Å². The monoisotopic (exact) mass is 240 g/mol. The number of nitrogens with zero attached hydrogens (tertiary/aromatic N) is 6. The summed E-state index contributed by atoms with van der Waals surface area (Å²) in [5.41, 5.74) is 0.388. The van der Waals surface area contributed by atoms with Gasteiger partial charge in [-0.15, -0.1) is 0 Å². The largest absolute Gasteiger partial charge is 0.352 e. The molecular weight excluding hydrogens is 228 g/mol. The highest BCUT2D eigenvalue weighted by Crippen LogP contribution is 2.26. The zero-order valence-electron chi connectivity index (χ0n) is 9.77. The number of hydrogen-bond donors (Lipinski definition) is 0. The number of anilines is 1. The fraction of sp³-hybridized carbons (Fsp3) is 0.333. The minimum atomic E-state index is 0.341. The average Bonchev–Trinajstić information content (AvgIpc) is 3.09. The molecule has 0 aliphatic carbocycles. The maximum atomic E-state index is 9.03. The normalized spacial score (nSPS) is 18.8. The molecule has 2 aromatic heterocycles. The molecule has 0 N–H and O–H groups in total. The third-order valence-electron chi connectivity index (χ3n) is 3.15. The maximum Gasteiger partial charge on any atom is 0.183 e. The lowest BCUT2D eigenvalue weighted by Crippen LogP contribution is -2.23. The van der Waals surface area contributed by atoms with Gasteiger partial charge in [0.05, 0.1) is 6.04 Å². The molecule has 0 amide bonds. The van der Waals surface area contributed by atoms with E-state index in [1.165, 1.54) is 0 Å². The van der Waals surface area contributed by atoms with Crippen molar-refractivity contribution in [1.29, 1.82) is 5.26 Å². The van der Waals surface area contributed by atoms with Crippen LogP contribution >= 0.6 is 0 Å². The van der Waals surface area contributed by atoms with Gasteiger partial charge in [-0.3, -0.25) is 4.68 Å². The van der Waals surface area contributed by atoms with Gasteiger partial charge in [0.2, 0.25) is 0 Å². The summed E-state index contributed by atoms with van der Waals surface area (Å²) >= 11 is 0. The highest BCUT2D eigenvalue weighted by molar-refractivity contribution is 5.50. The Bertz CT molecular complexity index is 571. The quantitative estimate of drug-likeness (QED) is 0.783. The van der Waals surface area contributed by atoms with Gasteiger partial charge >= 0.3 is 0 Å². The van der Waals surface area contributed by atoms with Gasteiger partial charge in [0.1, 0.15) is 6.07 Å². The Balaban J connectivity index is 1.82. The van der Waals surface area contributed by atoms with Gasteiger partial charge in [0.25, 0.3) is 0 Å². The SMILES string of the molecule is N#Cc1nccnc1N1CCC(n2cccn2)C1. The van der Waals surface area contributed by atoms with Crippen LogP contribution in [0.3, 0.4) is 0 Å². The van der Waals surface area contributed by atoms with Crippen LogP contribution in [0.1, 0.15) is 18.2 Å². The van der Waals surface area contributed by atoms with E-state index in [4.69, 9.17) is 5.26 Å². The van der Waals surface area contributed by atoms with E-state index < -0.39 is 0 Å². The standard InChI is InChI=1S/C12H12N6/c13-8-11-12(15-5-4-14-11)17-7-2-10(9-17)18-6-1-3-16-18/h1,3-6,10H,2,7,9H2. The van der Waals surface area contributed by atoms with Crippen LogP contribution in [-0.2, 0) is 0 Å². The summed E-state index contributed by atoms with van der Waals surface area (Å²) in [6.07, 6.45) is 7.92. The molecule has 3 heterocycles. The molecule has 1 fully saturated rings. The van der Waals surface area contributed by atoms with E-state index >= 15 is 0 Å². The zero-order valence-corrected chi connectivity index (χ0v) is 9.77. The molecule has 1 saturated heterocycles. The zero-order chi connectivity index (χ0) is 12.4. The minimum Gasteiger partial charge on any atom is -0.352 e. The van der Waals surface area contributed by atoms with Gasteiger partial charge in [0.15, 0.2) is 11.5 Å². The van der Waals surface area contributed by atoms with Crippen LogP contribution < -0.4 is 4.90 Å². The van der Waals surface area contributed by atoms with Crippen molar-refractivity contribution in [3.05, 3.63) is 36.5 Å². The molecule has 0 aromatic carbocycles. The van der Waals surface area contributed by atoms with Crippen molar-refractivity contribution in [2.45, 2.75) is 12.5 Å². The van der Waals surface area contributed by atoms with Crippen LogP contribution in [0.2, 0.25) is 0 Å². The van der Waals surface area contributed by atoms with Crippen molar-refractivity contribution in [3.63, 3.8) is 0 Å². The lowest BCUT2D eigenvalue weighted by atomic mass is 10.3. The van der Waals surface area contributed by atoms with Crippen molar-refractivity contribution in [3.8, 4) is 6.07 Å². The van der Waals surface area contributed by atoms with Gasteiger partial charge in [-0.1, -0.05) is 0 Å². The second-order valence-corrected chi connectivity index (χ2v) is 4.21. The van der Waals surface area contributed by atoms with E-state index in [-0.39, 0.29) is 0 Å². The highest BCUT2D eigenvalue weighted by Gasteiger charge is 2.26. The molecule has 1 aliphatic rings. The van der Waals surface area contributed by atoms with Crippen molar-refractivity contribution < 1.29 is 0 Å². The molecule has 6 heteroatoms. The first kappa shape index (κ1) is 10.7.